The molecule has 84 valence electrons. The third-order valence-corrected chi connectivity index (χ3v) is 3.39. The maximum atomic E-state index is 10.7. The van der Waals surface area contributed by atoms with Crippen LogP contribution in [0.4, 0.5) is 0 Å². The molecular weight excluding hydrogens is 186 g/mol. The van der Waals surface area contributed by atoms with Crippen molar-refractivity contribution in [2.24, 2.45) is 11.1 Å². The van der Waals surface area contributed by atoms with Crippen molar-refractivity contribution < 1.29 is 5.11 Å². The average Bonchev–Trinajstić information content (AvgIpc) is 2.29. The zero-order valence-electron chi connectivity index (χ0n) is 9.83. The average molecular weight is 207 g/mol. The summed E-state index contributed by atoms with van der Waals surface area (Å²) in [5, 5.41) is 10.7. The molecule has 0 saturated heterocycles. The Morgan fingerprint density at radius 3 is 2.13 bits per heavy atom. The summed E-state index contributed by atoms with van der Waals surface area (Å²) in [4.78, 5) is 0. The summed E-state index contributed by atoms with van der Waals surface area (Å²) in [5.41, 5.74) is 5.53. The third-order valence-electron chi connectivity index (χ3n) is 3.39. The second-order valence-corrected chi connectivity index (χ2v) is 4.67. The van der Waals surface area contributed by atoms with Gasteiger partial charge in [0.1, 0.15) is 0 Å². The first-order valence-electron chi connectivity index (χ1n) is 5.46. The largest absolute Gasteiger partial charge is 0.385 e. The summed E-state index contributed by atoms with van der Waals surface area (Å²) < 4.78 is 0. The molecule has 0 saturated carbocycles. The normalized spacial score (nSPS) is 16.1. The van der Waals surface area contributed by atoms with E-state index in [-0.39, 0.29) is 5.41 Å². The Hall–Kier alpha value is -0.860. The summed E-state index contributed by atoms with van der Waals surface area (Å²) >= 11 is 0. The lowest BCUT2D eigenvalue weighted by atomic mass is 9.69. The molecule has 0 aliphatic rings. The molecule has 1 aromatic rings. The van der Waals surface area contributed by atoms with E-state index >= 15 is 0 Å². The van der Waals surface area contributed by atoms with Gasteiger partial charge in [-0.3, -0.25) is 0 Å². The summed E-state index contributed by atoms with van der Waals surface area (Å²) in [7, 11) is 0. The molecule has 1 unspecified atom stereocenters. The molecule has 0 radical (unpaired) electrons. The number of aliphatic hydroxyl groups is 1. The van der Waals surface area contributed by atoms with Crippen molar-refractivity contribution in [2.45, 2.75) is 32.8 Å². The van der Waals surface area contributed by atoms with Gasteiger partial charge in [-0.2, -0.15) is 0 Å². The Kier molecular flexibility index (Phi) is 3.53. The van der Waals surface area contributed by atoms with Gasteiger partial charge in [0.15, 0.2) is 0 Å². The fraction of sp³-hybridized carbons (Fsp3) is 0.538. The van der Waals surface area contributed by atoms with Crippen LogP contribution in [0.5, 0.6) is 0 Å². The third kappa shape index (κ3) is 2.06. The highest BCUT2D eigenvalue weighted by Gasteiger charge is 2.42. The summed E-state index contributed by atoms with van der Waals surface area (Å²) in [6, 6.07) is 9.77. The minimum Gasteiger partial charge on any atom is -0.385 e. The van der Waals surface area contributed by atoms with Crippen molar-refractivity contribution in [2.75, 3.05) is 6.54 Å². The topological polar surface area (TPSA) is 46.2 Å². The number of benzene rings is 1. The molecule has 0 aliphatic carbocycles. The Morgan fingerprint density at radius 2 is 1.73 bits per heavy atom. The van der Waals surface area contributed by atoms with E-state index in [4.69, 9.17) is 5.73 Å². The minimum atomic E-state index is -0.844. The monoisotopic (exact) mass is 207 g/mol. The molecule has 1 atom stereocenters. The standard InChI is InChI=1S/C13H21NO/c1-4-13(15,12(2,3)10-14)11-8-6-5-7-9-11/h5-9,15H,4,10,14H2,1-3H3. The van der Waals surface area contributed by atoms with Crippen molar-refractivity contribution in [3.8, 4) is 0 Å². The van der Waals surface area contributed by atoms with Crippen LogP contribution >= 0.6 is 0 Å². The van der Waals surface area contributed by atoms with Crippen LogP contribution in [0.1, 0.15) is 32.8 Å². The van der Waals surface area contributed by atoms with Gasteiger partial charge in [-0.15, -0.1) is 0 Å². The molecule has 0 aromatic heterocycles. The molecule has 0 bridgehead atoms. The van der Waals surface area contributed by atoms with Crippen molar-refractivity contribution in [1.82, 2.24) is 0 Å². The van der Waals surface area contributed by atoms with E-state index in [0.717, 1.165) is 5.56 Å². The summed E-state index contributed by atoms with van der Waals surface area (Å²) in [6.45, 7) is 6.46. The van der Waals surface area contributed by atoms with Crippen molar-refractivity contribution in [1.29, 1.82) is 0 Å². The molecular formula is C13H21NO. The van der Waals surface area contributed by atoms with E-state index in [1.807, 2.05) is 51.1 Å². The van der Waals surface area contributed by atoms with Gasteiger partial charge in [-0.05, 0) is 12.0 Å². The van der Waals surface area contributed by atoms with Gasteiger partial charge >= 0.3 is 0 Å². The molecule has 0 fully saturated rings. The van der Waals surface area contributed by atoms with Gasteiger partial charge in [-0.25, -0.2) is 0 Å². The molecule has 15 heavy (non-hydrogen) atoms. The van der Waals surface area contributed by atoms with Crippen LogP contribution in [0.2, 0.25) is 0 Å². The highest BCUT2D eigenvalue weighted by molar-refractivity contribution is 5.24. The molecule has 0 amide bonds. The van der Waals surface area contributed by atoms with Crippen LogP contribution in [0.3, 0.4) is 0 Å². The Balaban J connectivity index is 3.17. The SMILES string of the molecule is CCC(O)(c1ccccc1)C(C)(C)CN. The first-order valence-corrected chi connectivity index (χ1v) is 5.46. The van der Waals surface area contributed by atoms with Crippen molar-refractivity contribution in [3.05, 3.63) is 35.9 Å². The summed E-state index contributed by atoms with van der Waals surface area (Å²) in [6.07, 6.45) is 0.668. The smallest absolute Gasteiger partial charge is 0.0956 e. The van der Waals surface area contributed by atoms with Crippen molar-refractivity contribution in [3.63, 3.8) is 0 Å². The van der Waals surface area contributed by atoms with Gasteiger partial charge in [0, 0.05) is 12.0 Å². The van der Waals surface area contributed by atoms with Gasteiger partial charge < -0.3 is 10.8 Å². The van der Waals surface area contributed by atoms with E-state index < -0.39 is 5.60 Å². The fourth-order valence-electron chi connectivity index (χ4n) is 1.96. The fourth-order valence-corrected chi connectivity index (χ4v) is 1.96. The van der Waals surface area contributed by atoms with E-state index in [1.165, 1.54) is 0 Å². The second kappa shape index (κ2) is 4.33. The quantitative estimate of drug-likeness (QED) is 0.795. The van der Waals surface area contributed by atoms with Crippen LogP contribution in [0, 0.1) is 5.41 Å². The van der Waals surface area contributed by atoms with E-state index in [2.05, 4.69) is 0 Å². The summed E-state index contributed by atoms with van der Waals surface area (Å²) in [5.74, 6) is 0. The second-order valence-electron chi connectivity index (χ2n) is 4.67. The van der Waals surface area contributed by atoms with Crippen LogP contribution in [-0.4, -0.2) is 11.7 Å². The number of hydrogen-bond acceptors (Lipinski definition) is 2. The van der Waals surface area contributed by atoms with Gasteiger partial charge in [0.25, 0.3) is 0 Å². The zero-order chi connectivity index (χ0) is 11.5. The first-order chi connectivity index (χ1) is 6.98. The molecule has 2 nitrogen and oxygen atoms in total. The Bertz CT molecular complexity index is 308. The Labute approximate surface area is 92.1 Å². The zero-order valence-corrected chi connectivity index (χ0v) is 9.83. The maximum absolute atomic E-state index is 10.7. The van der Waals surface area contributed by atoms with E-state index in [9.17, 15) is 5.11 Å². The lowest BCUT2D eigenvalue weighted by Gasteiger charge is -2.42. The van der Waals surface area contributed by atoms with Crippen LogP contribution in [-0.2, 0) is 5.60 Å². The van der Waals surface area contributed by atoms with E-state index in [1.54, 1.807) is 0 Å². The highest BCUT2D eigenvalue weighted by atomic mass is 16.3. The molecule has 2 heteroatoms. The van der Waals surface area contributed by atoms with Crippen molar-refractivity contribution >= 4 is 0 Å². The lowest BCUT2D eigenvalue weighted by molar-refractivity contribution is -0.0721. The predicted octanol–water partition coefficient (Wildman–Crippen LogP) is 2.27. The van der Waals surface area contributed by atoms with Gasteiger partial charge in [0.05, 0.1) is 5.60 Å². The predicted molar refractivity (Wildman–Crippen MR) is 63.5 cm³/mol. The molecule has 0 aliphatic heterocycles. The lowest BCUT2D eigenvalue weighted by Crippen LogP contribution is -2.46. The van der Waals surface area contributed by atoms with Crippen LogP contribution in [0.15, 0.2) is 30.3 Å². The number of rotatable bonds is 4. The molecule has 1 aromatic carbocycles. The molecule has 1 rings (SSSR count). The molecule has 0 spiro atoms. The number of hydrogen-bond donors (Lipinski definition) is 2. The highest BCUT2D eigenvalue weighted by Crippen LogP contribution is 2.41. The van der Waals surface area contributed by atoms with Gasteiger partial charge in [-0.1, -0.05) is 51.1 Å². The molecule has 3 N–H and O–H groups in total. The first kappa shape index (κ1) is 12.2. The molecule has 0 heterocycles. The van der Waals surface area contributed by atoms with Crippen LogP contribution < -0.4 is 5.73 Å². The minimum absolute atomic E-state index is 0.316. The van der Waals surface area contributed by atoms with Gasteiger partial charge in [0.2, 0.25) is 0 Å². The van der Waals surface area contributed by atoms with Crippen LogP contribution in [0.25, 0.3) is 0 Å². The van der Waals surface area contributed by atoms with E-state index in [0.29, 0.717) is 13.0 Å². The number of nitrogens with two attached hydrogens (primary N) is 1. The Morgan fingerprint density at radius 1 is 1.20 bits per heavy atom. The maximum Gasteiger partial charge on any atom is 0.0956 e.